The van der Waals surface area contributed by atoms with E-state index in [4.69, 9.17) is 17.4 Å². The fourth-order valence-electron chi connectivity index (χ4n) is 2.38. The molecule has 1 aromatic heterocycles. The van der Waals surface area contributed by atoms with Gasteiger partial charge >= 0.3 is 0 Å². The Morgan fingerprint density at radius 1 is 1.14 bits per heavy atom. The molecule has 0 spiro atoms. The van der Waals surface area contributed by atoms with Crippen LogP contribution in [-0.4, -0.2) is 4.98 Å². The van der Waals surface area contributed by atoms with E-state index in [9.17, 15) is 0 Å². The minimum absolute atomic E-state index is 0.111. The third-order valence-electron chi connectivity index (χ3n) is 3.40. The van der Waals surface area contributed by atoms with Gasteiger partial charge in [-0.3, -0.25) is 10.8 Å². The minimum atomic E-state index is -0.111. The summed E-state index contributed by atoms with van der Waals surface area (Å²) in [6.45, 7) is 0. The highest BCUT2D eigenvalue weighted by Gasteiger charge is 2.16. The van der Waals surface area contributed by atoms with Gasteiger partial charge in [0, 0.05) is 20.2 Å². The van der Waals surface area contributed by atoms with Crippen LogP contribution in [0.5, 0.6) is 0 Å². The van der Waals surface area contributed by atoms with Crippen molar-refractivity contribution >= 4 is 45.1 Å². The lowest BCUT2D eigenvalue weighted by Gasteiger charge is -2.19. The van der Waals surface area contributed by atoms with Crippen molar-refractivity contribution in [1.29, 1.82) is 0 Å². The van der Waals surface area contributed by atoms with E-state index in [0.717, 1.165) is 25.6 Å². The first-order valence-corrected chi connectivity index (χ1v) is 7.90. The van der Waals surface area contributed by atoms with Crippen LogP contribution < -0.4 is 11.3 Å². The first kappa shape index (κ1) is 14.7. The fraction of sp³-hybridized carbons (Fsp3) is 0.0625. The van der Waals surface area contributed by atoms with E-state index in [-0.39, 0.29) is 6.04 Å². The van der Waals surface area contributed by atoms with E-state index >= 15 is 0 Å². The van der Waals surface area contributed by atoms with E-state index in [1.54, 1.807) is 6.20 Å². The predicted octanol–water partition coefficient (Wildman–Crippen LogP) is 4.05. The van der Waals surface area contributed by atoms with E-state index in [2.05, 4.69) is 39.1 Å². The number of aromatic nitrogens is 1. The Labute approximate surface area is 141 Å². The Balaban J connectivity index is 2.11. The molecule has 0 fully saturated rings. The van der Waals surface area contributed by atoms with Gasteiger partial charge in [-0.1, -0.05) is 23.7 Å². The number of nitrogens with two attached hydrogens (primary N) is 1. The zero-order chi connectivity index (χ0) is 14.8. The number of hydrazine groups is 1. The summed E-state index contributed by atoms with van der Waals surface area (Å²) in [6.07, 6.45) is 1.79. The van der Waals surface area contributed by atoms with Crippen LogP contribution in [0, 0.1) is 3.57 Å². The highest BCUT2D eigenvalue weighted by molar-refractivity contribution is 14.1. The second kappa shape index (κ2) is 6.27. The molecule has 3 rings (SSSR count). The summed E-state index contributed by atoms with van der Waals surface area (Å²) in [5.74, 6) is 5.79. The lowest BCUT2D eigenvalue weighted by atomic mass is 9.98. The molecule has 0 aliphatic carbocycles. The largest absolute Gasteiger partial charge is 0.271 e. The zero-order valence-corrected chi connectivity index (χ0v) is 14.0. The molecule has 5 heteroatoms. The number of nitrogens with zero attached hydrogens (tertiary/aromatic N) is 1. The van der Waals surface area contributed by atoms with Gasteiger partial charge in [0.05, 0.1) is 11.6 Å². The zero-order valence-electron chi connectivity index (χ0n) is 11.1. The van der Waals surface area contributed by atoms with Gasteiger partial charge in [-0.2, -0.15) is 0 Å². The van der Waals surface area contributed by atoms with Gasteiger partial charge < -0.3 is 0 Å². The number of hydrogen-bond donors (Lipinski definition) is 2. The lowest BCUT2D eigenvalue weighted by molar-refractivity contribution is 0.635. The molecule has 0 amide bonds. The summed E-state index contributed by atoms with van der Waals surface area (Å²) in [5.41, 5.74) is 6.00. The summed E-state index contributed by atoms with van der Waals surface area (Å²) in [4.78, 5) is 4.34. The van der Waals surface area contributed by atoms with E-state index in [1.807, 2.05) is 42.5 Å². The van der Waals surface area contributed by atoms with Crippen LogP contribution in [-0.2, 0) is 0 Å². The molecule has 2 aromatic carbocycles. The number of halogens is 2. The smallest absolute Gasteiger partial charge is 0.0721 e. The molecular formula is C16H13ClIN3. The van der Waals surface area contributed by atoms with Crippen molar-refractivity contribution in [1.82, 2.24) is 10.4 Å². The van der Waals surface area contributed by atoms with Crippen molar-refractivity contribution in [2.45, 2.75) is 6.04 Å². The van der Waals surface area contributed by atoms with Gasteiger partial charge in [0.15, 0.2) is 0 Å². The van der Waals surface area contributed by atoms with Crippen LogP contribution in [0.2, 0.25) is 5.02 Å². The molecule has 0 saturated carbocycles. The third kappa shape index (κ3) is 3.03. The number of hydrogen-bond acceptors (Lipinski definition) is 3. The predicted molar refractivity (Wildman–Crippen MR) is 95.1 cm³/mol. The summed E-state index contributed by atoms with van der Waals surface area (Å²) >= 11 is 8.41. The van der Waals surface area contributed by atoms with Gasteiger partial charge in [0.2, 0.25) is 0 Å². The van der Waals surface area contributed by atoms with Crippen molar-refractivity contribution in [3.63, 3.8) is 0 Å². The Morgan fingerprint density at radius 3 is 2.81 bits per heavy atom. The molecule has 0 radical (unpaired) electrons. The van der Waals surface area contributed by atoms with Crippen LogP contribution in [0.15, 0.2) is 54.7 Å². The van der Waals surface area contributed by atoms with E-state index in [1.165, 1.54) is 0 Å². The number of fused-ring (bicyclic) bond motifs is 1. The molecular weight excluding hydrogens is 397 g/mol. The van der Waals surface area contributed by atoms with Crippen molar-refractivity contribution in [3.05, 3.63) is 74.4 Å². The lowest BCUT2D eigenvalue weighted by Crippen LogP contribution is -2.29. The van der Waals surface area contributed by atoms with Gasteiger partial charge in [-0.15, -0.1) is 0 Å². The second-order valence-electron chi connectivity index (χ2n) is 4.72. The van der Waals surface area contributed by atoms with Crippen molar-refractivity contribution in [2.24, 2.45) is 5.84 Å². The maximum atomic E-state index is 6.12. The molecule has 0 aliphatic heterocycles. The molecule has 0 aliphatic rings. The second-order valence-corrected chi connectivity index (χ2v) is 6.32. The molecule has 0 saturated heterocycles. The summed E-state index contributed by atoms with van der Waals surface area (Å²) < 4.78 is 1.12. The maximum Gasteiger partial charge on any atom is 0.0721 e. The Bertz CT molecular complexity index is 791. The third-order valence-corrected chi connectivity index (χ3v) is 4.61. The average Bonchev–Trinajstić information content (AvgIpc) is 2.51. The summed E-state index contributed by atoms with van der Waals surface area (Å²) in [7, 11) is 0. The van der Waals surface area contributed by atoms with Crippen molar-refractivity contribution in [2.75, 3.05) is 0 Å². The standard InChI is InChI=1S/C16H13ClIN3/c17-12-4-5-14(18)13(9-12)16(21-19)11-3-6-15-10(8-11)2-1-7-20-15/h1-9,16,21H,19H2. The number of benzene rings is 2. The molecule has 1 atom stereocenters. The topological polar surface area (TPSA) is 50.9 Å². The van der Waals surface area contributed by atoms with Crippen LogP contribution in [0.25, 0.3) is 10.9 Å². The van der Waals surface area contributed by atoms with Gasteiger partial charge in [-0.25, -0.2) is 5.43 Å². The Kier molecular flexibility index (Phi) is 4.40. The molecule has 0 bridgehead atoms. The monoisotopic (exact) mass is 409 g/mol. The first-order chi connectivity index (χ1) is 10.2. The average molecular weight is 410 g/mol. The van der Waals surface area contributed by atoms with Gasteiger partial charge in [0.25, 0.3) is 0 Å². The SMILES string of the molecule is NNC(c1ccc2ncccc2c1)c1cc(Cl)ccc1I. The molecule has 3 aromatic rings. The van der Waals surface area contributed by atoms with E-state index < -0.39 is 0 Å². The summed E-state index contributed by atoms with van der Waals surface area (Å²) in [6, 6.07) is 15.8. The highest BCUT2D eigenvalue weighted by Crippen LogP contribution is 2.29. The van der Waals surface area contributed by atoms with Crippen LogP contribution >= 0.6 is 34.2 Å². The number of pyridine rings is 1. The summed E-state index contributed by atoms with van der Waals surface area (Å²) in [5, 5.41) is 1.79. The highest BCUT2D eigenvalue weighted by atomic mass is 127. The Morgan fingerprint density at radius 2 is 2.00 bits per heavy atom. The molecule has 3 nitrogen and oxygen atoms in total. The van der Waals surface area contributed by atoms with Crippen LogP contribution in [0.3, 0.4) is 0 Å². The fourth-order valence-corrected chi connectivity index (χ4v) is 3.20. The van der Waals surface area contributed by atoms with E-state index in [0.29, 0.717) is 5.02 Å². The van der Waals surface area contributed by atoms with Crippen molar-refractivity contribution in [3.8, 4) is 0 Å². The first-order valence-electron chi connectivity index (χ1n) is 6.45. The van der Waals surface area contributed by atoms with Crippen LogP contribution in [0.4, 0.5) is 0 Å². The molecule has 21 heavy (non-hydrogen) atoms. The normalized spacial score (nSPS) is 12.5. The number of nitrogens with one attached hydrogen (secondary N) is 1. The molecule has 1 heterocycles. The molecule has 1 unspecified atom stereocenters. The number of rotatable bonds is 3. The minimum Gasteiger partial charge on any atom is -0.271 e. The molecule has 3 N–H and O–H groups in total. The quantitative estimate of drug-likeness (QED) is 0.390. The van der Waals surface area contributed by atoms with Gasteiger partial charge in [0.1, 0.15) is 0 Å². The Hall–Kier alpha value is -1.21. The maximum absolute atomic E-state index is 6.12. The van der Waals surface area contributed by atoms with Crippen LogP contribution in [0.1, 0.15) is 17.2 Å². The van der Waals surface area contributed by atoms with Crippen molar-refractivity contribution < 1.29 is 0 Å². The van der Waals surface area contributed by atoms with Gasteiger partial charge in [-0.05, 0) is 70.1 Å². The molecule has 106 valence electrons.